The fourth-order valence-corrected chi connectivity index (χ4v) is 1.55. The first-order valence-corrected chi connectivity index (χ1v) is 5.54. The van der Waals surface area contributed by atoms with Crippen molar-refractivity contribution < 1.29 is 10.2 Å². The van der Waals surface area contributed by atoms with Crippen LogP contribution in [0.5, 0.6) is 11.5 Å². The predicted octanol–water partition coefficient (Wildman–Crippen LogP) is 2.93. The number of nitrogens with zero attached hydrogens (tertiary/aromatic N) is 1. The highest BCUT2D eigenvalue weighted by molar-refractivity contribution is 6.01. The Morgan fingerprint density at radius 2 is 1.78 bits per heavy atom. The van der Waals surface area contributed by atoms with Crippen LogP contribution >= 0.6 is 0 Å². The Kier molecular flexibility index (Phi) is 3.48. The third-order valence-corrected chi connectivity index (χ3v) is 2.50. The molecule has 0 aromatic heterocycles. The minimum absolute atomic E-state index is 0.00566. The monoisotopic (exact) mass is 242 g/mol. The normalized spacial score (nSPS) is 11.3. The lowest BCUT2D eigenvalue weighted by Gasteiger charge is -2.05. The Morgan fingerprint density at radius 1 is 1.06 bits per heavy atom. The van der Waals surface area contributed by atoms with Crippen LogP contribution in [0.2, 0.25) is 0 Å². The summed E-state index contributed by atoms with van der Waals surface area (Å²) in [6, 6.07) is 14.0. The second-order valence-electron chi connectivity index (χ2n) is 3.88. The molecule has 0 saturated heterocycles. The van der Waals surface area contributed by atoms with Gasteiger partial charge in [0.15, 0.2) is 0 Å². The lowest BCUT2D eigenvalue weighted by Crippen LogP contribution is -1.99. The van der Waals surface area contributed by atoms with Gasteiger partial charge in [-0.15, -0.1) is 0 Å². The summed E-state index contributed by atoms with van der Waals surface area (Å²) in [4.78, 5) is 0. The average Bonchev–Trinajstić information content (AvgIpc) is 2.37. The van der Waals surface area contributed by atoms with Crippen molar-refractivity contribution in [2.24, 2.45) is 5.10 Å². The molecule has 2 aromatic carbocycles. The summed E-state index contributed by atoms with van der Waals surface area (Å²) in [5.41, 5.74) is 4.98. The molecule has 0 aliphatic carbocycles. The Bertz CT molecular complexity index is 565. The Hall–Kier alpha value is -2.49. The van der Waals surface area contributed by atoms with E-state index >= 15 is 0 Å². The van der Waals surface area contributed by atoms with Crippen molar-refractivity contribution in [3.63, 3.8) is 0 Å². The number of aromatic hydroxyl groups is 2. The first-order chi connectivity index (χ1) is 8.66. The van der Waals surface area contributed by atoms with Crippen LogP contribution in [0.3, 0.4) is 0 Å². The van der Waals surface area contributed by atoms with E-state index in [1.54, 1.807) is 13.0 Å². The minimum Gasteiger partial charge on any atom is -0.508 e. The maximum Gasteiger partial charge on any atom is 0.128 e. The molecule has 18 heavy (non-hydrogen) atoms. The molecular weight excluding hydrogens is 228 g/mol. The molecule has 0 saturated carbocycles. The van der Waals surface area contributed by atoms with Crippen molar-refractivity contribution in [1.29, 1.82) is 0 Å². The number of phenols is 2. The van der Waals surface area contributed by atoms with Crippen molar-refractivity contribution in [1.82, 2.24) is 0 Å². The minimum atomic E-state index is 0.00566. The molecular formula is C14H14N2O2. The largest absolute Gasteiger partial charge is 0.508 e. The first kappa shape index (κ1) is 12.0. The molecule has 92 valence electrons. The SMILES string of the molecule is CC(=NNc1ccccc1)c1ccc(O)cc1O. The number of nitrogens with one attached hydrogen (secondary N) is 1. The first-order valence-electron chi connectivity index (χ1n) is 5.54. The number of rotatable bonds is 3. The Balaban J connectivity index is 2.18. The number of phenolic OH excluding ortho intramolecular Hbond substituents is 2. The molecule has 2 aromatic rings. The number of hydrogen-bond donors (Lipinski definition) is 3. The molecule has 4 nitrogen and oxygen atoms in total. The second-order valence-corrected chi connectivity index (χ2v) is 3.88. The van der Waals surface area contributed by atoms with Crippen LogP contribution in [-0.4, -0.2) is 15.9 Å². The zero-order valence-corrected chi connectivity index (χ0v) is 9.96. The summed E-state index contributed by atoms with van der Waals surface area (Å²) in [5, 5.41) is 23.1. The summed E-state index contributed by atoms with van der Waals surface area (Å²) in [7, 11) is 0. The summed E-state index contributed by atoms with van der Waals surface area (Å²) in [6.07, 6.45) is 0. The number of hydrogen-bond acceptors (Lipinski definition) is 4. The van der Waals surface area contributed by atoms with Crippen LogP contribution < -0.4 is 5.43 Å². The molecule has 0 heterocycles. The Labute approximate surface area is 105 Å². The quantitative estimate of drug-likeness (QED) is 0.572. The van der Waals surface area contributed by atoms with Gasteiger partial charge in [-0.2, -0.15) is 5.10 Å². The van der Waals surface area contributed by atoms with Gasteiger partial charge in [0, 0.05) is 11.6 Å². The summed E-state index contributed by atoms with van der Waals surface area (Å²) in [5.74, 6) is 0.0335. The summed E-state index contributed by atoms with van der Waals surface area (Å²) in [6.45, 7) is 1.78. The number of para-hydroxylation sites is 1. The number of benzene rings is 2. The molecule has 4 heteroatoms. The van der Waals surface area contributed by atoms with Crippen molar-refractivity contribution in [3.05, 3.63) is 54.1 Å². The molecule has 0 amide bonds. The van der Waals surface area contributed by atoms with Gasteiger partial charge in [0.05, 0.1) is 11.4 Å². The van der Waals surface area contributed by atoms with E-state index in [9.17, 15) is 10.2 Å². The third kappa shape index (κ3) is 2.79. The second kappa shape index (κ2) is 5.23. The predicted molar refractivity (Wildman–Crippen MR) is 72.0 cm³/mol. The van der Waals surface area contributed by atoms with Crippen LogP contribution in [0.4, 0.5) is 5.69 Å². The Morgan fingerprint density at radius 3 is 2.44 bits per heavy atom. The highest BCUT2D eigenvalue weighted by Crippen LogP contribution is 2.23. The van der Waals surface area contributed by atoms with E-state index in [4.69, 9.17) is 0 Å². The zero-order valence-electron chi connectivity index (χ0n) is 9.96. The number of hydrazone groups is 1. The highest BCUT2D eigenvalue weighted by atomic mass is 16.3. The van der Waals surface area contributed by atoms with Crippen molar-refractivity contribution in [3.8, 4) is 11.5 Å². The molecule has 2 rings (SSSR count). The van der Waals surface area contributed by atoms with Crippen molar-refractivity contribution >= 4 is 11.4 Å². The van der Waals surface area contributed by atoms with Gasteiger partial charge in [0.2, 0.25) is 0 Å². The fourth-order valence-electron chi connectivity index (χ4n) is 1.55. The highest BCUT2D eigenvalue weighted by Gasteiger charge is 2.05. The third-order valence-electron chi connectivity index (χ3n) is 2.50. The standard InChI is InChI=1S/C14H14N2O2/c1-10(13-8-7-12(17)9-14(13)18)15-16-11-5-3-2-4-6-11/h2-9,16-18H,1H3. The fraction of sp³-hybridized carbons (Fsp3) is 0.0714. The lowest BCUT2D eigenvalue weighted by atomic mass is 10.1. The molecule has 0 atom stereocenters. The molecule has 0 spiro atoms. The molecule has 0 aliphatic heterocycles. The maximum absolute atomic E-state index is 9.69. The van der Waals surface area contributed by atoms with E-state index < -0.39 is 0 Å². The van der Waals surface area contributed by atoms with Crippen LogP contribution in [0, 0.1) is 0 Å². The van der Waals surface area contributed by atoms with Crippen molar-refractivity contribution in [2.45, 2.75) is 6.92 Å². The molecule has 0 aliphatic rings. The van der Waals surface area contributed by atoms with E-state index in [-0.39, 0.29) is 11.5 Å². The summed E-state index contributed by atoms with van der Waals surface area (Å²) >= 11 is 0. The van der Waals surface area contributed by atoms with E-state index in [0.29, 0.717) is 11.3 Å². The van der Waals surface area contributed by atoms with Gasteiger partial charge in [-0.05, 0) is 31.2 Å². The van der Waals surface area contributed by atoms with Gasteiger partial charge in [-0.1, -0.05) is 18.2 Å². The molecule has 3 N–H and O–H groups in total. The van der Waals surface area contributed by atoms with Gasteiger partial charge in [-0.3, -0.25) is 5.43 Å². The van der Waals surface area contributed by atoms with Crippen LogP contribution in [0.15, 0.2) is 53.6 Å². The van der Waals surface area contributed by atoms with E-state index in [1.165, 1.54) is 12.1 Å². The number of anilines is 1. The topological polar surface area (TPSA) is 64.9 Å². The van der Waals surface area contributed by atoms with Crippen LogP contribution in [0.25, 0.3) is 0 Å². The molecule has 0 fully saturated rings. The summed E-state index contributed by atoms with van der Waals surface area (Å²) < 4.78 is 0. The maximum atomic E-state index is 9.69. The van der Waals surface area contributed by atoms with Gasteiger partial charge in [-0.25, -0.2) is 0 Å². The lowest BCUT2D eigenvalue weighted by molar-refractivity contribution is 0.450. The van der Waals surface area contributed by atoms with Gasteiger partial charge < -0.3 is 10.2 Å². The van der Waals surface area contributed by atoms with Gasteiger partial charge in [0.25, 0.3) is 0 Å². The smallest absolute Gasteiger partial charge is 0.128 e. The molecule has 0 radical (unpaired) electrons. The molecule has 0 bridgehead atoms. The average molecular weight is 242 g/mol. The van der Waals surface area contributed by atoms with Crippen molar-refractivity contribution in [2.75, 3.05) is 5.43 Å². The van der Waals surface area contributed by atoms with E-state index in [0.717, 1.165) is 5.69 Å². The van der Waals surface area contributed by atoms with E-state index in [2.05, 4.69) is 10.5 Å². The molecule has 0 unspecified atom stereocenters. The van der Waals surface area contributed by atoms with Crippen LogP contribution in [0.1, 0.15) is 12.5 Å². The zero-order chi connectivity index (χ0) is 13.0. The van der Waals surface area contributed by atoms with Crippen LogP contribution in [-0.2, 0) is 0 Å². The van der Waals surface area contributed by atoms with Gasteiger partial charge >= 0.3 is 0 Å². The van der Waals surface area contributed by atoms with E-state index in [1.807, 2.05) is 30.3 Å². The van der Waals surface area contributed by atoms with Gasteiger partial charge in [0.1, 0.15) is 11.5 Å².